The minimum atomic E-state index is -0.846. The van der Waals surface area contributed by atoms with E-state index in [1.54, 1.807) is 26.4 Å². The SMILES string of the molecule is CC(C)(N)C(=O)NCc1ccc(Cn2ccnc2)cc1. The summed E-state index contributed by atoms with van der Waals surface area (Å²) in [6.45, 7) is 4.67. The molecule has 1 aromatic carbocycles. The molecular formula is C15H20N4O. The molecule has 106 valence electrons. The van der Waals surface area contributed by atoms with Crippen molar-refractivity contribution in [1.29, 1.82) is 0 Å². The number of benzene rings is 1. The van der Waals surface area contributed by atoms with Gasteiger partial charge in [0.25, 0.3) is 0 Å². The summed E-state index contributed by atoms with van der Waals surface area (Å²) >= 11 is 0. The van der Waals surface area contributed by atoms with Gasteiger partial charge in [0.05, 0.1) is 11.9 Å². The normalized spacial score (nSPS) is 11.3. The first-order valence-corrected chi connectivity index (χ1v) is 6.56. The van der Waals surface area contributed by atoms with Crippen LogP contribution in [0.1, 0.15) is 25.0 Å². The van der Waals surface area contributed by atoms with Gasteiger partial charge < -0.3 is 15.6 Å². The molecular weight excluding hydrogens is 252 g/mol. The van der Waals surface area contributed by atoms with Crippen molar-refractivity contribution in [1.82, 2.24) is 14.9 Å². The lowest BCUT2D eigenvalue weighted by Crippen LogP contribution is -2.48. The molecule has 20 heavy (non-hydrogen) atoms. The molecule has 2 rings (SSSR count). The van der Waals surface area contributed by atoms with Crippen LogP contribution < -0.4 is 11.1 Å². The molecule has 0 aliphatic carbocycles. The second kappa shape index (κ2) is 5.88. The Labute approximate surface area is 118 Å². The van der Waals surface area contributed by atoms with E-state index in [2.05, 4.69) is 22.4 Å². The number of aromatic nitrogens is 2. The summed E-state index contributed by atoms with van der Waals surface area (Å²) in [5.74, 6) is -0.153. The van der Waals surface area contributed by atoms with Gasteiger partial charge in [0.15, 0.2) is 0 Å². The van der Waals surface area contributed by atoms with Crippen LogP contribution in [0.15, 0.2) is 43.0 Å². The van der Waals surface area contributed by atoms with Crippen LogP contribution in [-0.4, -0.2) is 21.0 Å². The smallest absolute Gasteiger partial charge is 0.239 e. The lowest BCUT2D eigenvalue weighted by Gasteiger charge is -2.17. The van der Waals surface area contributed by atoms with Gasteiger partial charge in [-0.2, -0.15) is 0 Å². The fraction of sp³-hybridized carbons (Fsp3) is 0.333. The van der Waals surface area contributed by atoms with Crippen molar-refractivity contribution < 1.29 is 4.79 Å². The largest absolute Gasteiger partial charge is 0.350 e. The predicted octanol–water partition coefficient (Wildman–Crippen LogP) is 1.28. The van der Waals surface area contributed by atoms with E-state index in [9.17, 15) is 4.79 Å². The maximum absolute atomic E-state index is 11.7. The quantitative estimate of drug-likeness (QED) is 0.861. The monoisotopic (exact) mass is 272 g/mol. The number of nitrogens with one attached hydrogen (secondary N) is 1. The summed E-state index contributed by atoms with van der Waals surface area (Å²) in [5.41, 5.74) is 7.12. The van der Waals surface area contributed by atoms with Gasteiger partial charge in [-0.1, -0.05) is 24.3 Å². The second-order valence-corrected chi connectivity index (χ2v) is 5.46. The van der Waals surface area contributed by atoms with Crippen molar-refractivity contribution in [2.75, 3.05) is 0 Å². The summed E-state index contributed by atoms with van der Waals surface area (Å²) in [6, 6.07) is 8.12. The van der Waals surface area contributed by atoms with E-state index >= 15 is 0 Å². The maximum atomic E-state index is 11.7. The van der Waals surface area contributed by atoms with Crippen LogP contribution in [0.4, 0.5) is 0 Å². The average Bonchev–Trinajstić information content (AvgIpc) is 2.89. The van der Waals surface area contributed by atoms with Crippen LogP contribution in [0.25, 0.3) is 0 Å². The van der Waals surface area contributed by atoms with Crippen LogP contribution in [0.2, 0.25) is 0 Å². The van der Waals surface area contributed by atoms with E-state index in [0.717, 1.165) is 12.1 Å². The number of nitrogens with two attached hydrogens (primary N) is 1. The molecule has 0 fully saturated rings. The Balaban J connectivity index is 1.90. The molecule has 0 atom stereocenters. The third-order valence-electron chi connectivity index (χ3n) is 2.99. The molecule has 0 radical (unpaired) electrons. The van der Waals surface area contributed by atoms with E-state index in [-0.39, 0.29) is 5.91 Å². The fourth-order valence-corrected chi connectivity index (χ4v) is 1.76. The third-order valence-corrected chi connectivity index (χ3v) is 2.99. The van der Waals surface area contributed by atoms with Crippen LogP contribution in [0.5, 0.6) is 0 Å². The highest BCUT2D eigenvalue weighted by Crippen LogP contribution is 2.07. The van der Waals surface area contributed by atoms with Crippen molar-refractivity contribution in [3.63, 3.8) is 0 Å². The zero-order chi connectivity index (χ0) is 14.6. The molecule has 2 aromatic rings. The number of carbonyl (C=O) groups is 1. The zero-order valence-electron chi connectivity index (χ0n) is 11.8. The Kier molecular flexibility index (Phi) is 4.20. The molecule has 0 saturated heterocycles. The van der Waals surface area contributed by atoms with E-state index in [1.807, 2.05) is 22.9 Å². The van der Waals surface area contributed by atoms with Crippen LogP contribution >= 0.6 is 0 Å². The molecule has 5 nitrogen and oxygen atoms in total. The number of imidazole rings is 1. The summed E-state index contributed by atoms with van der Waals surface area (Å²) in [7, 11) is 0. The number of rotatable bonds is 5. The summed E-state index contributed by atoms with van der Waals surface area (Å²) in [5, 5.41) is 2.82. The second-order valence-electron chi connectivity index (χ2n) is 5.46. The lowest BCUT2D eigenvalue weighted by atomic mass is 10.1. The number of carbonyl (C=O) groups excluding carboxylic acids is 1. The Morgan fingerprint density at radius 3 is 2.50 bits per heavy atom. The van der Waals surface area contributed by atoms with Gasteiger partial charge >= 0.3 is 0 Å². The first-order chi connectivity index (χ1) is 9.45. The van der Waals surface area contributed by atoms with Crippen LogP contribution in [0, 0.1) is 0 Å². The minimum absolute atomic E-state index is 0.153. The molecule has 0 aliphatic heterocycles. The Morgan fingerprint density at radius 2 is 1.95 bits per heavy atom. The van der Waals surface area contributed by atoms with Crippen LogP contribution in [-0.2, 0) is 17.9 Å². The first-order valence-electron chi connectivity index (χ1n) is 6.56. The van der Waals surface area contributed by atoms with Gasteiger partial charge in [0, 0.05) is 25.5 Å². The van der Waals surface area contributed by atoms with E-state index < -0.39 is 5.54 Å². The Hall–Kier alpha value is -2.14. The highest BCUT2D eigenvalue weighted by atomic mass is 16.2. The topological polar surface area (TPSA) is 72.9 Å². The molecule has 0 bridgehead atoms. The van der Waals surface area contributed by atoms with Crippen LogP contribution in [0.3, 0.4) is 0 Å². The fourth-order valence-electron chi connectivity index (χ4n) is 1.76. The molecule has 0 unspecified atom stereocenters. The van der Waals surface area contributed by atoms with E-state index in [0.29, 0.717) is 6.54 Å². The van der Waals surface area contributed by atoms with Crippen molar-refractivity contribution in [2.24, 2.45) is 5.73 Å². The minimum Gasteiger partial charge on any atom is -0.350 e. The number of hydrogen-bond acceptors (Lipinski definition) is 3. The highest BCUT2D eigenvalue weighted by molar-refractivity contribution is 5.84. The molecule has 1 heterocycles. The lowest BCUT2D eigenvalue weighted by molar-refractivity contribution is -0.125. The van der Waals surface area contributed by atoms with Gasteiger partial charge in [0.2, 0.25) is 5.91 Å². The molecule has 0 spiro atoms. The standard InChI is InChI=1S/C15H20N4O/c1-15(2,16)14(20)18-9-12-3-5-13(6-4-12)10-19-8-7-17-11-19/h3-8,11H,9-10,16H2,1-2H3,(H,18,20). The van der Waals surface area contributed by atoms with Crippen molar-refractivity contribution >= 4 is 5.91 Å². The number of hydrogen-bond donors (Lipinski definition) is 2. The van der Waals surface area contributed by atoms with E-state index in [1.165, 1.54) is 5.56 Å². The van der Waals surface area contributed by atoms with Gasteiger partial charge in [-0.3, -0.25) is 4.79 Å². The highest BCUT2D eigenvalue weighted by Gasteiger charge is 2.20. The molecule has 5 heteroatoms. The van der Waals surface area contributed by atoms with E-state index in [4.69, 9.17) is 5.73 Å². The Bertz CT molecular complexity index is 553. The Morgan fingerprint density at radius 1 is 1.30 bits per heavy atom. The van der Waals surface area contributed by atoms with Crippen molar-refractivity contribution in [3.8, 4) is 0 Å². The van der Waals surface area contributed by atoms with Gasteiger partial charge in [0.1, 0.15) is 0 Å². The molecule has 1 aromatic heterocycles. The zero-order valence-corrected chi connectivity index (χ0v) is 11.8. The predicted molar refractivity (Wildman–Crippen MR) is 77.9 cm³/mol. The van der Waals surface area contributed by atoms with Crippen molar-refractivity contribution in [3.05, 3.63) is 54.1 Å². The average molecular weight is 272 g/mol. The first kappa shape index (κ1) is 14.3. The molecule has 3 N–H and O–H groups in total. The van der Waals surface area contributed by atoms with Crippen molar-refractivity contribution in [2.45, 2.75) is 32.5 Å². The number of nitrogens with zero attached hydrogens (tertiary/aromatic N) is 2. The number of amides is 1. The van der Waals surface area contributed by atoms with Gasteiger partial charge in [-0.15, -0.1) is 0 Å². The van der Waals surface area contributed by atoms with Gasteiger partial charge in [-0.05, 0) is 25.0 Å². The molecule has 1 amide bonds. The summed E-state index contributed by atoms with van der Waals surface area (Å²) < 4.78 is 2.01. The van der Waals surface area contributed by atoms with Gasteiger partial charge in [-0.25, -0.2) is 4.98 Å². The summed E-state index contributed by atoms with van der Waals surface area (Å²) in [4.78, 5) is 15.7. The molecule has 0 aliphatic rings. The molecule has 0 saturated carbocycles. The third kappa shape index (κ3) is 3.93. The summed E-state index contributed by atoms with van der Waals surface area (Å²) in [6.07, 6.45) is 5.48. The maximum Gasteiger partial charge on any atom is 0.239 e.